The van der Waals surface area contributed by atoms with Crippen molar-refractivity contribution in [3.8, 4) is 11.8 Å². The Morgan fingerprint density at radius 1 is 1.29 bits per heavy atom. The minimum atomic E-state index is -2.41. The van der Waals surface area contributed by atoms with Crippen LogP contribution in [-0.2, 0) is 0 Å². The summed E-state index contributed by atoms with van der Waals surface area (Å²) in [6.45, 7) is 0.594. The van der Waals surface area contributed by atoms with Gasteiger partial charge >= 0.3 is 0 Å². The fraction of sp³-hybridized carbons (Fsp3) is 0.273. The molecule has 0 atom stereocenters. The van der Waals surface area contributed by atoms with Gasteiger partial charge in [0.2, 0.25) is 0 Å². The van der Waals surface area contributed by atoms with Crippen LogP contribution in [0.3, 0.4) is 0 Å². The molecule has 0 amide bonds. The van der Waals surface area contributed by atoms with Gasteiger partial charge in [-0.15, -0.1) is 0 Å². The average molecular weight is 195 g/mol. The molecule has 0 aromatic heterocycles. The topological polar surface area (TPSA) is 12.0 Å². The van der Waals surface area contributed by atoms with Crippen LogP contribution < -0.4 is 5.32 Å². The Kier molecular flexibility index (Phi) is 4.09. The van der Waals surface area contributed by atoms with Crippen molar-refractivity contribution in [1.29, 1.82) is 0 Å². The van der Waals surface area contributed by atoms with Crippen LogP contribution in [0.1, 0.15) is 17.6 Å². The second kappa shape index (κ2) is 5.36. The lowest BCUT2D eigenvalue weighted by molar-refractivity contribution is 0.151. The third-order valence-electron chi connectivity index (χ3n) is 1.66. The molecule has 0 aliphatic carbocycles. The molecule has 1 nitrogen and oxygen atoms in total. The van der Waals surface area contributed by atoms with Crippen molar-refractivity contribution in [2.24, 2.45) is 0 Å². The maximum Gasteiger partial charge on any atom is 0.263 e. The molecule has 0 fully saturated rings. The highest BCUT2D eigenvalue weighted by Gasteiger charge is 2.04. The van der Waals surface area contributed by atoms with Crippen molar-refractivity contribution < 1.29 is 8.78 Å². The summed E-state index contributed by atoms with van der Waals surface area (Å²) in [5.41, 5.74) is 0.786. The van der Waals surface area contributed by atoms with Gasteiger partial charge in [0.05, 0.1) is 6.54 Å². The minimum absolute atomic E-state index is 0.0316. The second-order valence-electron chi connectivity index (χ2n) is 2.75. The Morgan fingerprint density at radius 3 is 2.43 bits per heavy atom. The first-order valence-corrected chi connectivity index (χ1v) is 4.25. The first-order valence-electron chi connectivity index (χ1n) is 4.25. The Bertz CT molecular complexity index is 333. The van der Waals surface area contributed by atoms with E-state index in [0.717, 1.165) is 5.56 Å². The molecule has 0 heterocycles. The van der Waals surface area contributed by atoms with Crippen LogP contribution in [0.4, 0.5) is 8.78 Å². The van der Waals surface area contributed by atoms with Crippen molar-refractivity contribution in [2.45, 2.75) is 6.43 Å². The molecule has 0 unspecified atom stereocenters. The fourth-order valence-corrected chi connectivity index (χ4v) is 0.947. The minimum Gasteiger partial charge on any atom is -0.309 e. The van der Waals surface area contributed by atoms with Crippen LogP contribution >= 0.6 is 0 Å². The smallest absolute Gasteiger partial charge is 0.263 e. The Morgan fingerprint density at radius 2 is 1.93 bits per heavy atom. The zero-order chi connectivity index (χ0) is 10.4. The summed E-state index contributed by atoms with van der Waals surface area (Å²) in [5.74, 6) is 5.71. The Balaban J connectivity index is 2.70. The van der Waals surface area contributed by atoms with Crippen LogP contribution in [-0.4, -0.2) is 13.6 Å². The largest absolute Gasteiger partial charge is 0.309 e. The second-order valence-corrected chi connectivity index (χ2v) is 2.75. The standard InChI is InChI=1S/C11H11F2N/c1-14-8-2-3-9-4-6-10(7-5-9)11(12)13/h4-7,11,14H,8H2,1H3. The maximum atomic E-state index is 12.2. The number of benzene rings is 1. The van der Waals surface area contributed by atoms with E-state index in [2.05, 4.69) is 17.2 Å². The lowest BCUT2D eigenvalue weighted by Gasteiger charge is -1.97. The van der Waals surface area contributed by atoms with Gasteiger partial charge in [0.25, 0.3) is 6.43 Å². The third kappa shape index (κ3) is 3.15. The molecular weight excluding hydrogens is 184 g/mol. The molecule has 0 radical (unpaired) electrons. The predicted molar refractivity (Wildman–Crippen MR) is 52.2 cm³/mol. The lowest BCUT2D eigenvalue weighted by atomic mass is 10.1. The van der Waals surface area contributed by atoms with Crippen LogP contribution in [0.25, 0.3) is 0 Å². The van der Waals surface area contributed by atoms with Crippen LogP contribution in [0, 0.1) is 11.8 Å². The summed E-state index contributed by atoms with van der Waals surface area (Å²) in [6, 6.07) is 6.00. The quantitative estimate of drug-likeness (QED) is 0.713. The Hall–Kier alpha value is -1.40. The van der Waals surface area contributed by atoms with E-state index in [0.29, 0.717) is 6.54 Å². The van der Waals surface area contributed by atoms with Gasteiger partial charge in [0.15, 0.2) is 0 Å². The summed E-state index contributed by atoms with van der Waals surface area (Å²) in [7, 11) is 1.80. The zero-order valence-corrected chi connectivity index (χ0v) is 7.85. The van der Waals surface area contributed by atoms with Crippen molar-refractivity contribution in [3.63, 3.8) is 0 Å². The van der Waals surface area contributed by atoms with Crippen molar-refractivity contribution in [1.82, 2.24) is 5.32 Å². The first kappa shape index (κ1) is 10.7. The van der Waals surface area contributed by atoms with E-state index in [1.165, 1.54) is 12.1 Å². The van der Waals surface area contributed by atoms with Gasteiger partial charge in [0, 0.05) is 11.1 Å². The highest BCUT2D eigenvalue weighted by Crippen LogP contribution is 2.18. The lowest BCUT2D eigenvalue weighted by Crippen LogP contribution is -2.04. The van der Waals surface area contributed by atoms with Crippen LogP contribution in [0.15, 0.2) is 24.3 Å². The molecular formula is C11H11F2N. The predicted octanol–water partition coefficient (Wildman–Crippen LogP) is 2.20. The van der Waals surface area contributed by atoms with Gasteiger partial charge in [-0.3, -0.25) is 0 Å². The summed E-state index contributed by atoms with van der Waals surface area (Å²) in [5, 5.41) is 2.87. The summed E-state index contributed by atoms with van der Waals surface area (Å²) in [6.07, 6.45) is -2.41. The maximum absolute atomic E-state index is 12.2. The van der Waals surface area contributed by atoms with Crippen molar-refractivity contribution in [3.05, 3.63) is 35.4 Å². The molecule has 1 rings (SSSR count). The number of hydrogen-bond acceptors (Lipinski definition) is 1. The molecule has 14 heavy (non-hydrogen) atoms. The monoisotopic (exact) mass is 195 g/mol. The van der Waals surface area contributed by atoms with Gasteiger partial charge in [-0.05, 0) is 19.2 Å². The number of hydrogen-bond donors (Lipinski definition) is 1. The van der Waals surface area contributed by atoms with Crippen molar-refractivity contribution >= 4 is 0 Å². The van der Waals surface area contributed by atoms with Gasteiger partial charge in [-0.2, -0.15) is 0 Å². The molecule has 1 aromatic rings. The molecule has 1 N–H and O–H groups in total. The molecule has 3 heteroatoms. The van der Waals surface area contributed by atoms with Gasteiger partial charge in [-0.1, -0.05) is 24.0 Å². The molecule has 1 aromatic carbocycles. The first-order chi connectivity index (χ1) is 6.74. The Labute approximate surface area is 82.1 Å². The number of nitrogens with one attached hydrogen (secondary N) is 1. The van der Waals surface area contributed by atoms with Gasteiger partial charge < -0.3 is 5.32 Å². The average Bonchev–Trinajstić information content (AvgIpc) is 2.19. The van der Waals surface area contributed by atoms with E-state index in [9.17, 15) is 8.78 Å². The van der Waals surface area contributed by atoms with Gasteiger partial charge in [-0.25, -0.2) is 8.78 Å². The summed E-state index contributed by atoms with van der Waals surface area (Å²) in [4.78, 5) is 0. The molecule has 0 saturated heterocycles. The van der Waals surface area contributed by atoms with E-state index >= 15 is 0 Å². The van der Waals surface area contributed by atoms with Gasteiger partial charge in [0.1, 0.15) is 0 Å². The number of alkyl halides is 2. The summed E-state index contributed by atoms with van der Waals surface area (Å²) >= 11 is 0. The van der Waals surface area contributed by atoms with E-state index in [4.69, 9.17) is 0 Å². The number of halogens is 2. The summed E-state index contributed by atoms with van der Waals surface area (Å²) < 4.78 is 24.3. The molecule has 0 saturated carbocycles. The molecule has 0 aliphatic heterocycles. The van der Waals surface area contributed by atoms with Crippen molar-refractivity contribution in [2.75, 3.05) is 13.6 Å². The van der Waals surface area contributed by atoms with E-state index in [1.54, 1.807) is 19.2 Å². The number of rotatable bonds is 2. The van der Waals surface area contributed by atoms with Crippen LogP contribution in [0.5, 0.6) is 0 Å². The molecule has 0 bridgehead atoms. The third-order valence-corrected chi connectivity index (χ3v) is 1.66. The van der Waals surface area contributed by atoms with E-state index < -0.39 is 6.43 Å². The molecule has 74 valence electrons. The highest BCUT2D eigenvalue weighted by molar-refractivity contribution is 5.36. The van der Waals surface area contributed by atoms with E-state index in [-0.39, 0.29) is 5.56 Å². The van der Waals surface area contributed by atoms with E-state index in [1.807, 2.05) is 0 Å². The molecule has 0 aliphatic rings. The molecule has 0 spiro atoms. The normalized spacial score (nSPS) is 9.71. The fourth-order valence-electron chi connectivity index (χ4n) is 0.947. The SMILES string of the molecule is CNCC#Cc1ccc(C(F)F)cc1. The highest BCUT2D eigenvalue weighted by atomic mass is 19.3. The van der Waals surface area contributed by atoms with Crippen LogP contribution in [0.2, 0.25) is 0 Å². The zero-order valence-electron chi connectivity index (χ0n) is 7.85.